The first-order valence-electron chi connectivity index (χ1n) is 12.3. The highest BCUT2D eigenvalue weighted by Crippen LogP contribution is 2.42. The van der Waals surface area contributed by atoms with E-state index in [1.54, 1.807) is 0 Å². The number of rotatable bonds is 6. The second kappa shape index (κ2) is 10.5. The molecule has 0 aliphatic carbocycles. The van der Waals surface area contributed by atoms with Crippen molar-refractivity contribution >= 4 is 78.9 Å². The summed E-state index contributed by atoms with van der Waals surface area (Å²) in [6, 6.07) is 35.4. The van der Waals surface area contributed by atoms with Gasteiger partial charge in [0.25, 0.3) is 0 Å². The van der Waals surface area contributed by atoms with Gasteiger partial charge in [-0.05, 0) is 71.1 Å². The van der Waals surface area contributed by atoms with Crippen LogP contribution in [-0.4, -0.2) is 0 Å². The zero-order valence-corrected chi connectivity index (χ0v) is 23.2. The van der Waals surface area contributed by atoms with Gasteiger partial charge < -0.3 is 0 Å². The average molecular weight is 531 g/mol. The number of hydrogen-bond acceptors (Lipinski definition) is 3. The van der Waals surface area contributed by atoms with Gasteiger partial charge in [-0.15, -0.1) is 22.7 Å². The van der Waals surface area contributed by atoms with Gasteiger partial charge in [0.1, 0.15) is 0 Å². The Kier molecular flexibility index (Phi) is 6.84. The van der Waals surface area contributed by atoms with Gasteiger partial charge in [-0.2, -0.15) is 0 Å². The summed E-state index contributed by atoms with van der Waals surface area (Å²) in [5, 5.41) is 2.62. The van der Waals surface area contributed by atoms with E-state index in [4.69, 9.17) is 0 Å². The molecule has 6 aromatic rings. The van der Waals surface area contributed by atoms with Crippen molar-refractivity contribution < 1.29 is 0 Å². The molecule has 0 fully saturated rings. The summed E-state index contributed by atoms with van der Waals surface area (Å²) in [6.07, 6.45) is 8.78. The van der Waals surface area contributed by atoms with Gasteiger partial charge in [-0.1, -0.05) is 120 Å². The van der Waals surface area contributed by atoms with Crippen LogP contribution in [0, 0.1) is 13.8 Å². The fourth-order valence-electron chi connectivity index (χ4n) is 4.19. The highest BCUT2D eigenvalue weighted by Gasteiger charge is 2.08. The first-order valence-corrected chi connectivity index (χ1v) is 14.8. The van der Waals surface area contributed by atoms with Crippen LogP contribution >= 0.6 is 34.4 Å². The fourth-order valence-corrected chi connectivity index (χ4v) is 8.02. The minimum Gasteiger partial charge on any atom is -0.128 e. The Morgan fingerprint density at radius 1 is 0.459 bits per heavy atom. The predicted molar refractivity (Wildman–Crippen MR) is 168 cm³/mol. The second-order valence-corrected chi connectivity index (χ2v) is 13.1. The van der Waals surface area contributed by atoms with Crippen molar-refractivity contribution in [1.29, 1.82) is 0 Å². The summed E-state index contributed by atoms with van der Waals surface area (Å²) in [6.45, 7) is 4.24. The molecule has 37 heavy (non-hydrogen) atoms. The zero-order chi connectivity index (χ0) is 25.2. The Labute approximate surface area is 230 Å². The topological polar surface area (TPSA) is 0 Å². The third kappa shape index (κ3) is 5.80. The largest absolute Gasteiger partial charge is 0.128 e. The monoisotopic (exact) mass is 530 g/mol. The number of hydrogen-bond donors (Lipinski definition) is 0. The Morgan fingerprint density at radius 3 is 1.27 bits per heavy atom. The Bertz CT molecular complexity index is 1610. The third-order valence-electron chi connectivity index (χ3n) is 6.34. The lowest BCUT2D eigenvalue weighted by molar-refractivity contribution is 1.46. The summed E-state index contributed by atoms with van der Waals surface area (Å²) in [4.78, 5) is 0. The van der Waals surface area contributed by atoms with Crippen LogP contribution in [0.15, 0.2) is 105 Å². The summed E-state index contributed by atoms with van der Waals surface area (Å²) in [5.41, 5.74) is 7.50. The van der Waals surface area contributed by atoms with E-state index in [1.807, 2.05) is 34.4 Å². The second-order valence-electron chi connectivity index (χ2n) is 9.32. The van der Waals surface area contributed by atoms with Crippen LogP contribution in [0.1, 0.15) is 33.4 Å². The summed E-state index contributed by atoms with van der Waals surface area (Å²) in [7, 11) is 0. The number of aryl methyl sites for hydroxylation is 2. The van der Waals surface area contributed by atoms with Crippen molar-refractivity contribution in [3.05, 3.63) is 130 Å². The highest BCUT2D eigenvalue weighted by atomic mass is 32.2. The first-order chi connectivity index (χ1) is 18.1. The highest BCUT2D eigenvalue weighted by molar-refractivity contribution is 8.03. The molecule has 2 heterocycles. The minimum atomic E-state index is 1.23. The average Bonchev–Trinajstić information content (AvgIpc) is 3.50. The standard InChI is InChI=1S/C34H26S3/c1-23-3-7-25(8-4-23)11-13-27-15-17-29-21-33(35-31(29)19-27)37-34-22-30-18-16-28(20-32(30)36-34)14-12-26-9-5-24(2)6-10-26/h3-22H,1-2H3/b13-11+,14-12+. The van der Waals surface area contributed by atoms with Crippen molar-refractivity contribution in [3.8, 4) is 0 Å². The van der Waals surface area contributed by atoms with Gasteiger partial charge in [-0.25, -0.2) is 0 Å². The quantitative estimate of drug-likeness (QED) is 0.193. The molecule has 0 aliphatic heterocycles. The van der Waals surface area contributed by atoms with Crippen LogP contribution in [0.25, 0.3) is 44.5 Å². The molecule has 0 N–H and O–H groups in total. The van der Waals surface area contributed by atoms with Crippen molar-refractivity contribution in [2.45, 2.75) is 22.3 Å². The van der Waals surface area contributed by atoms with Crippen LogP contribution in [0.4, 0.5) is 0 Å². The lowest BCUT2D eigenvalue weighted by Gasteiger charge is -1.96. The van der Waals surface area contributed by atoms with E-state index in [-0.39, 0.29) is 0 Å². The summed E-state index contributed by atoms with van der Waals surface area (Å²) >= 11 is 5.62. The molecular formula is C34H26S3. The predicted octanol–water partition coefficient (Wildman–Crippen LogP) is 11.2. The molecule has 4 aromatic carbocycles. The van der Waals surface area contributed by atoms with Crippen LogP contribution in [0.5, 0.6) is 0 Å². The molecule has 0 saturated carbocycles. The van der Waals surface area contributed by atoms with Gasteiger partial charge in [0.15, 0.2) is 0 Å². The molecule has 0 atom stereocenters. The minimum absolute atomic E-state index is 1.23. The van der Waals surface area contributed by atoms with Crippen molar-refractivity contribution in [2.75, 3.05) is 0 Å². The Morgan fingerprint density at radius 2 is 0.838 bits per heavy atom. The van der Waals surface area contributed by atoms with E-state index < -0.39 is 0 Å². The van der Waals surface area contributed by atoms with Gasteiger partial charge in [0, 0.05) is 9.40 Å². The lowest BCUT2D eigenvalue weighted by Crippen LogP contribution is -1.74. The van der Waals surface area contributed by atoms with Gasteiger partial charge in [0.05, 0.1) is 8.42 Å². The fraction of sp³-hybridized carbons (Fsp3) is 0.0588. The molecule has 0 radical (unpaired) electrons. The van der Waals surface area contributed by atoms with E-state index in [1.165, 1.54) is 62.0 Å². The molecule has 3 heteroatoms. The third-order valence-corrected chi connectivity index (χ3v) is 9.76. The van der Waals surface area contributed by atoms with Crippen LogP contribution in [0.2, 0.25) is 0 Å². The van der Waals surface area contributed by atoms with Crippen LogP contribution in [0.3, 0.4) is 0 Å². The number of thiophene rings is 2. The van der Waals surface area contributed by atoms with Crippen molar-refractivity contribution in [1.82, 2.24) is 0 Å². The van der Waals surface area contributed by atoms with Gasteiger partial charge >= 0.3 is 0 Å². The molecule has 0 spiro atoms. The SMILES string of the molecule is Cc1ccc(/C=C/c2ccc3cc(Sc4cc5ccc(/C=C/c6ccc(C)cc6)cc5s4)sc3c2)cc1. The summed E-state index contributed by atoms with van der Waals surface area (Å²) in [5.74, 6) is 0. The van der Waals surface area contributed by atoms with E-state index in [0.29, 0.717) is 0 Å². The molecule has 0 bridgehead atoms. The molecule has 0 aliphatic rings. The van der Waals surface area contributed by atoms with Crippen LogP contribution in [-0.2, 0) is 0 Å². The molecular weight excluding hydrogens is 505 g/mol. The molecule has 2 aromatic heterocycles. The number of benzene rings is 4. The van der Waals surface area contributed by atoms with Crippen LogP contribution < -0.4 is 0 Å². The van der Waals surface area contributed by atoms with Crippen molar-refractivity contribution in [3.63, 3.8) is 0 Å². The van der Waals surface area contributed by atoms with Crippen molar-refractivity contribution in [2.24, 2.45) is 0 Å². The van der Waals surface area contributed by atoms with Gasteiger partial charge in [-0.3, -0.25) is 0 Å². The molecule has 0 saturated heterocycles. The zero-order valence-electron chi connectivity index (χ0n) is 20.8. The van der Waals surface area contributed by atoms with E-state index in [0.717, 1.165) is 0 Å². The molecule has 0 amide bonds. The van der Waals surface area contributed by atoms with Gasteiger partial charge in [0.2, 0.25) is 0 Å². The van der Waals surface area contributed by atoms with E-state index >= 15 is 0 Å². The first kappa shape index (κ1) is 24.0. The Hall–Kier alpha value is -3.37. The maximum atomic E-state index is 2.32. The molecule has 0 unspecified atom stereocenters. The lowest BCUT2D eigenvalue weighted by atomic mass is 10.1. The molecule has 180 valence electrons. The Balaban J connectivity index is 1.18. The maximum Gasteiger partial charge on any atom is 0.0667 e. The number of fused-ring (bicyclic) bond motifs is 2. The smallest absolute Gasteiger partial charge is 0.0667 e. The summed E-state index contributed by atoms with van der Waals surface area (Å²) < 4.78 is 5.33. The molecule has 0 nitrogen and oxygen atoms in total. The normalized spacial score (nSPS) is 11.9. The van der Waals surface area contributed by atoms with E-state index in [2.05, 4.69) is 135 Å². The maximum absolute atomic E-state index is 2.32. The molecule has 6 rings (SSSR count). The van der Waals surface area contributed by atoms with E-state index in [9.17, 15) is 0 Å².